The van der Waals surface area contributed by atoms with E-state index < -0.39 is 9.84 Å². The Balaban J connectivity index is 2.79. The van der Waals surface area contributed by atoms with Gasteiger partial charge in [-0.2, -0.15) is 0 Å². The molecule has 0 aliphatic rings. The molecule has 1 heterocycles. The molecular formula is C10H15ClN2O2S. The number of hydrogen-bond donors (Lipinski definition) is 1. The third-order valence-electron chi connectivity index (χ3n) is 2.31. The lowest BCUT2D eigenvalue weighted by Crippen LogP contribution is -2.20. The van der Waals surface area contributed by atoms with E-state index in [2.05, 4.69) is 10.3 Å². The zero-order valence-corrected chi connectivity index (χ0v) is 10.8. The normalized spacial score (nSPS) is 13.7. The van der Waals surface area contributed by atoms with Gasteiger partial charge in [0.15, 0.2) is 0 Å². The average molecular weight is 263 g/mol. The SMILES string of the molecule is CNC(CCS(C)(=O)=O)c1ccncc1Cl. The smallest absolute Gasteiger partial charge is 0.147 e. The van der Waals surface area contributed by atoms with Gasteiger partial charge in [0.05, 0.1) is 10.8 Å². The summed E-state index contributed by atoms with van der Waals surface area (Å²) >= 11 is 6.00. The molecule has 0 spiro atoms. The minimum absolute atomic E-state index is 0.0646. The van der Waals surface area contributed by atoms with Crippen molar-refractivity contribution in [3.05, 3.63) is 29.0 Å². The Bertz CT molecular complexity index is 448. The maximum Gasteiger partial charge on any atom is 0.147 e. The predicted molar refractivity (Wildman–Crippen MR) is 65.4 cm³/mol. The van der Waals surface area contributed by atoms with Gasteiger partial charge in [0, 0.05) is 24.7 Å². The summed E-state index contributed by atoms with van der Waals surface area (Å²) in [5.41, 5.74) is 0.878. The number of rotatable bonds is 5. The van der Waals surface area contributed by atoms with Gasteiger partial charge < -0.3 is 5.32 Å². The molecule has 4 nitrogen and oxygen atoms in total. The molecule has 1 aromatic rings. The topological polar surface area (TPSA) is 59.1 Å². The quantitative estimate of drug-likeness (QED) is 0.872. The molecule has 0 saturated carbocycles. The van der Waals surface area contributed by atoms with Gasteiger partial charge in [0.1, 0.15) is 9.84 Å². The van der Waals surface area contributed by atoms with Gasteiger partial charge in [-0.3, -0.25) is 4.98 Å². The van der Waals surface area contributed by atoms with E-state index in [0.29, 0.717) is 11.4 Å². The Morgan fingerprint density at radius 3 is 2.75 bits per heavy atom. The lowest BCUT2D eigenvalue weighted by atomic mass is 10.1. The summed E-state index contributed by atoms with van der Waals surface area (Å²) in [6.07, 6.45) is 4.93. The first-order chi connectivity index (χ1) is 7.44. The molecule has 0 bridgehead atoms. The standard InChI is InChI=1S/C10H15ClN2O2S/c1-12-10(4-6-16(2,14)15)8-3-5-13-7-9(8)11/h3,5,7,10,12H,4,6H2,1-2H3. The van der Waals surface area contributed by atoms with E-state index in [9.17, 15) is 8.42 Å². The Morgan fingerprint density at radius 2 is 2.25 bits per heavy atom. The van der Waals surface area contributed by atoms with Crippen LogP contribution in [0.15, 0.2) is 18.5 Å². The highest BCUT2D eigenvalue weighted by Gasteiger charge is 2.15. The van der Waals surface area contributed by atoms with Crippen LogP contribution in [0.4, 0.5) is 0 Å². The molecule has 90 valence electrons. The first-order valence-electron chi connectivity index (χ1n) is 4.88. The number of halogens is 1. The first kappa shape index (κ1) is 13.4. The second-order valence-corrected chi connectivity index (χ2v) is 6.32. The van der Waals surface area contributed by atoms with E-state index >= 15 is 0 Å². The lowest BCUT2D eigenvalue weighted by Gasteiger charge is -2.16. The van der Waals surface area contributed by atoms with Crippen molar-refractivity contribution in [1.29, 1.82) is 0 Å². The predicted octanol–water partition coefficient (Wildman–Crippen LogP) is 1.43. The molecular weight excluding hydrogens is 248 g/mol. The number of nitrogens with zero attached hydrogens (tertiary/aromatic N) is 1. The van der Waals surface area contributed by atoms with Crippen molar-refractivity contribution in [3.63, 3.8) is 0 Å². The lowest BCUT2D eigenvalue weighted by molar-refractivity contribution is 0.558. The summed E-state index contributed by atoms with van der Waals surface area (Å²) in [5.74, 6) is 0.136. The molecule has 1 atom stereocenters. The maximum absolute atomic E-state index is 11.1. The van der Waals surface area contributed by atoms with Gasteiger partial charge >= 0.3 is 0 Å². The number of sulfone groups is 1. The summed E-state index contributed by atoms with van der Waals surface area (Å²) in [6.45, 7) is 0. The largest absolute Gasteiger partial charge is 0.313 e. The fraction of sp³-hybridized carbons (Fsp3) is 0.500. The van der Waals surface area contributed by atoms with E-state index in [-0.39, 0.29) is 11.8 Å². The molecule has 1 rings (SSSR count). The average Bonchev–Trinajstić information content (AvgIpc) is 2.20. The minimum atomic E-state index is -2.95. The zero-order chi connectivity index (χ0) is 12.2. The summed E-state index contributed by atoms with van der Waals surface area (Å²) in [5, 5.41) is 3.61. The maximum atomic E-state index is 11.1. The Labute approximate surface area is 101 Å². The van der Waals surface area contributed by atoms with E-state index in [1.807, 2.05) is 0 Å². The number of hydrogen-bond acceptors (Lipinski definition) is 4. The molecule has 0 fully saturated rings. The van der Waals surface area contributed by atoms with E-state index in [4.69, 9.17) is 11.6 Å². The monoisotopic (exact) mass is 262 g/mol. The van der Waals surface area contributed by atoms with Crippen molar-refractivity contribution in [1.82, 2.24) is 10.3 Å². The Morgan fingerprint density at radius 1 is 1.56 bits per heavy atom. The van der Waals surface area contributed by atoms with Crippen LogP contribution in [0.25, 0.3) is 0 Å². The molecule has 1 N–H and O–H groups in total. The van der Waals surface area contributed by atoms with Crippen molar-refractivity contribution in [2.75, 3.05) is 19.1 Å². The highest BCUT2D eigenvalue weighted by atomic mass is 35.5. The molecule has 0 radical (unpaired) electrons. The van der Waals surface area contributed by atoms with Crippen molar-refractivity contribution >= 4 is 21.4 Å². The third-order valence-corrected chi connectivity index (χ3v) is 3.60. The summed E-state index contributed by atoms with van der Waals surface area (Å²) in [7, 11) is -1.17. The molecule has 1 unspecified atom stereocenters. The minimum Gasteiger partial charge on any atom is -0.313 e. The van der Waals surface area contributed by atoms with Crippen LogP contribution < -0.4 is 5.32 Å². The Kier molecular flexibility index (Phi) is 4.70. The van der Waals surface area contributed by atoms with Crippen LogP contribution in [0.2, 0.25) is 5.02 Å². The van der Waals surface area contributed by atoms with Crippen LogP contribution in [0.1, 0.15) is 18.0 Å². The molecule has 6 heteroatoms. The van der Waals surface area contributed by atoms with Crippen LogP contribution in [0.5, 0.6) is 0 Å². The highest BCUT2D eigenvalue weighted by molar-refractivity contribution is 7.90. The third kappa shape index (κ3) is 4.08. The number of nitrogens with one attached hydrogen (secondary N) is 1. The van der Waals surface area contributed by atoms with E-state index in [1.54, 1.807) is 25.5 Å². The van der Waals surface area contributed by atoms with Crippen molar-refractivity contribution in [2.24, 2.45) is 0 Å². The van der Waals surface area contributed by atoms with Crippen LogP contribution >= 0.6 is 11.6 Å². The van der Waals surface area contributed by atoms with Crippen molar-refractivity contribution in [3.8, 4) is 0 Å². The van der Waals surface area contributed by atoms with Crippen LogP contribution in [0.3, 0.4) is 0 Å². The van der Waals surface area contributed by atoms with E-state index in [1.165, 1.54) is 6.26 Å². The molecule has 0 aliphatic heterocycles. The number of pyridine rings is 1. The van der Waals surface area contributed by atoms with Gasteiger partial charge in [0.25, 0.3) is 0 Å². The van der Waals surface area contributed by atoms with E-state index in [0.717, 1.165) is 5.56 Å². The van der Waals surface area contributed by atoms with Gasteiger partial charge in [-0.15, -0.1) is 0 Å². The van der Waals surface area contributed by atoms with Crippen LogP contribution in [-0.2, 0) is 9.84 Å². The van der Waals surface area contributed by atoms with Gasteiger partial charge in [-0.05, 0) is 25.1 Å². The number of aromatic nitrogens is 1. The van der Waals surface area contributed by atoms with Crippen LogP contribution in [-0.4, -0.2) is 32.5 Å². The molecule has 0 aliphatic carbocycles. The fourth-order valence-corrected chi connectivity index (χ4v) is 2.37. The van der Waals surface area contributed by atoms with Gasteiger partial charge in [-0.25, -0.2) is 8.42 Å². The zero-order valence-electron chi connectivity index (χ0n) is 9.27. The molecule has 0 saturated heterocycles. The highest BCUT2D eigenvalue weighted by Crippen LogP contribution is 2.24. The summed E-state index contributed by atoms with van der Waals surface area (Å²) in [6, 6.07) is 1.73. The summed E-state index contributed by atoms with van der Waals surface area (Å²) in [4.78, 5) is 3.89. The van der Waals surface area contributed by atoms with Crippen molar-refractivity contribution in [2.45, 2.75) is 12.5 Å². The fourth-order valence-electron chi connectivity index (χ4n) is 1.46. The second kappa shape index (κ2) is 5.61. The van der Waals surface area contributed by atoms with Gasteiger partial charge in [-0.1, -0.05) is 11.6 Å². The Hall–Kier alpha value is -0.650. The molecule has 0 amide bonds. The molecule has 16 heavy (non-hydrogen) atoms. The molecule has 0 aromatic carbocycles. The molecule has 1 aromatic heterocycles. The van der Waals surface area contributed by atoms with Crippen molar-refractivity contribution < 1.29 is 8.42 Å². The summed E-state index contributed by atoms with van der Waals surface area (Å²) < 4.78 is 22.2. The van der Waals surface area contributed by atoms with Gasteiger partial charge in [0.2, 0.25) is 0 Å². The second-order valence-electron chi connectivity index (χ2n) is 3.66. The first-order valence-corrected chi connectivity index (χ1v) is 7.32. The van der Waals surface area contributed by atoms with Crippen LogP contribution in [0, 0.1) is 0 Å².